The smallest absolute Gasteiger partial charge is 0.255 e. The molecule has 0 radical (unpaired) electrons. The quantitative estimate of drug-likeness (QED) is 0.739. The lowest BCUT2D eigenvalue weighted by molar-refractivity contribution is 0.0764. The Morgan fingerprint density at radius 1 is 1.06 bits per heavy atom. The summed E-state index contributed by atoms with van der Waals surface area (Å²) in [5, 5.41) is 0.536. The summed E-state index contributed by atoms with van der Waals surface area (Å²) in [6.45, 7) is 5.41. The molecule has 3 aliphatic rings. The normalized spacial score (nSPS) is 20.2. The fraction of sp³-hybridized carbons (Fsp3) is 0.522. The Bertz CT molecular complexity index is 971. The van der Waals surface area contributed by atoms with Crippen molar-refractivity contribution < 1.29 is 4.79 Å². The number of carbonyl (C=O) groups is 1. The first kappa shape index (κ1) is 20.5. The molecule has 1 amide bonds. The second kappa shape index (κ2) is 8.63. The lowest BCUT2D eigenvalue weighted by atomic mass is 9.91. The summed E-state index contributed by atoms with van der Waals surface area (Å²) in [5.74, 6) is 0.774. The van der Waals surface area contributed by atoms with Crippen LogP contribution < -0.4 is 10.6 Å². The fourth-order valence-electron chi connectivity index (χ4n) is 4.76. The molecule has 5 rings (SSSR count). The maximum Gasteiger partial charge on any atom is 0.255 e. The van der Waals surface area contributed by atoms with Crippen LogP contribution in [0.5, 0.6) is 0 Å². The molecule has 3 heterocycles. The molecule has 0 atom stereocenters. The van der Waals surface area contributed by atoms with Gasteiger partial charge in [0.05, 0.1) is 11.3 Å². The minimum absolute atomic E-state index is 0.0535. The lowest BCUT2D eigenvalue weighted by Gasteiger charge is -2.43. The van der Waals surface area contributed by atoms with Crippen LogP contribution >= 0.6 is 11.6 Å². The summed E-state index contributed by atoms with van der Waals surface area (Å²) in [6, 6.07) is 5.84. The molecule has 1 aliphatic carbocycles. The molecule has 0 spiro atoms. The van der Waals surface area contributed by atoms with Gasteiger partial charge in [-0.25, -0.2) is 9.97 Å². The van der Waals surface area contributed by atoms with Crippen molar-refractivity contribution >= 4 is 29.1 Å². The van der Waals surface area contributed by atoms with Crippen molar-refractivity contribution in [3.63, 3.8) is 0 Å². The van der Waals surface area contributed by atoms with Gasteiger partial charge in [-0.1, -0.05) is 18.0 Å². The standard InChI is InChI=1S/C23H29ClN6O/c24-17-4-5-19(20(25)14-17)22(31)29-8-6-16-15-26-23(27-21(16)7-9-29)30-12-10-28(11-13-30)18-2-1-3-18/h4-5,14-15,18H,1-3,6-13,25H2. The third-order valence-corrected chi connectivity index (χ3v) is 7.17. The van der Waals surface area contributed by atoms with Gasteiger partial charge in [0.25, 0.3) is 5.91 Å². The van der Waals surface area contributed by atoms with Crippen LogP contribution in [0.15, 0.2) is 24.4 Å². The Balaban J connectivity index is 1.25. The maximum atomic E-state index is 13.0. The Labute approximate surface area is 188 Å². The number of anilines is 2. The number of halogens is 1. The van der Waals surface area contributed by atoms with Crippen LogP contribution in [0.3, 0.4) is 0 Å². The molecule has 2 fully saturated rings. The third kappa shape index (κ3) is 4.21. The molecule has 8 heteroatoms. The maximum absolute atomic E-state index is 13.0. The van der Waals surface area contributed by atoms with Gasteiger partial charge in [-0.05, 0) is 43.0 Å². The second-order valence-corrected chi connectivity index (χ2v) is 9.21. The van der Waals surface area contributed by atoms with E-state index in [1.807, 2.05) is 11.1 Å². The van der Waals surface area contributed by atoms with Crippen molar-refractivity contribution in [2.45, 2.75) is 38.1 Å². The first-order valence-corrected chi connectivity index (χ1v) is 11.6. The fourth-order valence-corrected chi connectivity index (χ4v) is 4.94. The molecular formula is C23H29ClN6O. The van der Waals surface area contributed by atoms with E-state index in [0.29, 0.717) is 29.4 Å². The number of hydrogen-bond donors (Lipinski definition) is 1. The van der Waals surface area contributed by atoms with E-state index in [1.165, 1.54) is 19.3 Å². The van der Waals surface area contributed by atoms with E-state index in [4.69, 9.17) is 22.3 Å². The number of nitrogens with zero attached hydrogens (tertiary/aromatic N) is 5. The first-order valence-electron chi connectivity index (χ1n) is 11.3. The molecule has 1 saturated heterocycles. The SMILES string of the molecule is Nc1cc(Cl)ccc1C(=O)N1CCc2cnc(N3CCN(C4CCC4)CC3)nc2CC1. The van der Waals surface area contributed by atoms with Crippen molar-refractivity contribution in [2.75, 3.05) is 49.9 Å². The number of carbonyl (C=O) groups excluding carboxylic acids is 1. The minimum atomic E-state index is -0.0535. The summed E-state index contributed by atoms with van der Waals surface area (Å²) in [7, 11) is 0. The van der Waals surface area contributed by atoms with Crippen molar-refractivity contribution in [3.8, 4) is 0 Å². The molecule has 0 unspecified atom stereocenters. The van der Waals surface area contributed by atoms with Crippen molar-refractivity contribution in [1.29, 1.82) is 0 Å². The van der Waals surface area contributed by atoms with Gasteiger partial charge in [0.1, 0.15) is 0 Å². The van der Waals surface area contributed by atoms with E-state index >= 15 is 0 Å². The summed E-state index contributed by atoms with van der Waals surface area (Å²) >= 11 is 5.98. The van der Waals surface area contributed by atoms with Crippen LogP contribution in [0.1, 0.15) is 40.9 Å². The predicted molar refractivity (Wildman–Crippen MR) is 123 cm³/mol. The Morgan fingerprint density at radius 3 is 2.55 bits per heavy atom. The van der Waals surface area contributed by atoms with Gasteiger partial charge in [0, 0.05) is 68.6 Å². The van der Waals surface area contributed by atoms with Crippen molar-refractivity contribution in [1.82, 2.24) is 19.8 Å². The van der Waals surface area contributed by atoms with Gasteiger partial charge in [-0.15, -0.1) is 0 Å². The number of hydrogen-bond acceptors (Lipinski definition) is 6. The van der Waals surface area contributed by atoms with Gasteiger partial charge >= 0.3 is 0 Å². The number of fused-ring (bicyclic) bond motifs is 1. The lowest BCUT2D eigenvalue weighted by Crippen LogP contribution is -2.52. The second-order valence-electron chi connectivity index (χ2n) is 8.77. The zero-order valence-corrected chi connectivity index (χ0v) is 18.5. The molecule has 2 aromatic rings. The van der Waals surface area contributed by atoms with Crippen LogP contribution in [-0.2, 0) is 12.8 Å². The average molecular weight is 441 g/mol. The number of nitrogens with two attached hydrogens (primary N) is 1. The molecule has 2 N–H and O–H groups in total. The van der Waals surface area contributed by atoms with E-state index in [-0.39, 0.29) is 5.91 Å². The zero-order valence-electron chi connectivity index (χ0n) is 17.8. The van der Waals surface area contributed by atoms with Gasteiger partial charge in [0.2, 0.25) is 5.95 Å². The molecular weight excluding hydrogens is 412 g/mol. The summed E-state index contributed by atoms with van der Waals surface area (Å²) < 4.78 is 0. The van der Waals surface area contributed by atoms with E-state index in [0.717, 1.165) is 62.3 Å². The molecule has 164 valence electrons. The number of benzene rings is 1. The van der Waals surface area contributed by atoms with Crippen molar-refractivity contribution in [3.05, 3.63) is 46.2 Å². The first-order chi connectivity index (χ1) is 15.1. The van der Waals surface area contributed by atoms with Crippen LogP contribution in [0.2, 0.25) is 5.02 Å². The van der Waals surface area contributed by atoms with E-state index in [1.54, 1.807) is 18.2 Å². The van der Waals surface area contributed by atoms with Gasteiger partial charge in [-0.2, -0.15) is 0 Å². The van der Waals surface area contributed by atoms with E-state index in [2.05, 4.69) is 14.8 Å². The summed E-state index contributed by atoms with van der Waals surface area (Å²) in [6.07, 6.45) is 7.53. The molecule has 31 heavy (non-hydrogen) atoms. The van der Waals surface area contributed by atoms with E-state index < -0.39 is 0 Å². The zero-order chi connectivity index (χ0) is 21.4. The van der Waals surface area contributed by atoms with Crippen molar-refractivity contribution in [2.24, 2.45) is 0 Å². The van der Waals surface area contributed by atoms with Crippen LogP contribution in [0.4, 0.5) is 11.6 Å². The van der Waals surface area contributed by atoms with Crippen LogP contribution in [-0.4, -0.2) is 71.0 Å². The number of amides is 1. The average Bonchev–Trinajstić information content (AvgIpc) is 2.95. The van der Waals surface area contributed by atoms with E-state index in [9.17, 15) is 4.79 Å². The Hall–Kier alpha value is -2.38. The third-order valence-electron chi connectivity index (χ3n) is 6.93. The molecule has 0 bridgehead atoms. The number of nitrogen functional groups attached to an aromatic ring is 1. The topological polar surface area (TPSA) is 78.6 Å². The Morgan fingerprint density at radius 2 is 1.84 bits per heavy atom. The van der Waals surface area contributed by atoms with Crippen LogP contribution in [0.25, 0.3) is 0 Å². The highest BCUT2D eigenvalue weighted by Gasteiger charge is 2.29. The van der Waals surface area contributed by atoms with Gasteiger partial charge in [0.15, 0.2) is 0 Å². The number of aromatic nitrogens is 2. The Kier molecular flexibility index (Phi) is 5.71. The molecule has 1 aromatic heterocycles. The molecule has 7 nitrogen and oxygen atoms in total. The van der Waals surface area contributed by atoms with Gasteiger partial charge in [-0.3, -0.25) is 9.69 Å². The highest BCUT2D eigenvalue weighted by atomic mass is 35.5. The number of rotatable bonds is 3. The highest BCUT2D eigenvalue weighted by molar-refractivity contribution is 6.31. The summed E-state index contributed by atoms with van der Waals surface area (Å²) in [4.78, 5) is 29.4. The minimum Gasteiger partial charge on any atom is -0.398 e. The molecule has 1 aromatic carbocycles. The molecule has 1 saturated carbocycles. The number of piperazine rings is 1. The predicted octanol–water partition coefficient (Wildman–Crippen LogP) is 2.63. The summed E-state index contributed by atoms with van der Waals surface area (Å²) in [5.41, 5.74) is 9.15. The van der Waals surface area contributed by atoms with Crippen LogP contribution in [0, 0.1) is 0 Å². The monoisotopic (exact) mass is 440 g/mol. The highest BCUT2D eigenvalue weighted by Crippen LogP contribution is 2.27. The van der Waals surface area contributed by atoms with Gasteiger partial charge < -0.3 is 15.5 Å². The molecule has 2 aliphatic heterocycles. The largest absolute Gasteiger partial charge is 0.398 e.